The van der Waals surface area contributed by atoms with Crippen molar-refractivity contribution in [3.05, 3.63) is 23.8 Å². The van der Waals surface area contributed by atoms with E-state index in [1.165, 1.54) is 57.8 Å². The summed E-state index contributed by atoms with van der Waals surface area (Å²) < 4.78 is 10.7. The van der Waals surface area contributed by atoms with Gasteiger partial charge in [-0.3, -0.25) is 4.79 Å². The van der Waals surface area contributed by atoms with Gasteiger partial charge in [-0.05, 0) is 37.0 Å². The second kappa shape index (κ2) is 12.7. The van der Waals surface area contributed by atoms with Crippen LogP contribution in [0.15, 0.2) is 18.2 Å². The van der Waals surface area contributed by atoms with Gasteiger partial charge in [-0.15, -0.1) is 0 Å². The van der Waals surface area contributed by atoms with E-state index in [2.05, 4.69) is 5.32 Å². The standard InChI is InChI=1S/C24H39NO3/c1-19(17-20-15-16-22(27-2)23(18-20)28-3)24(26)25-21-13-11-9-7-5-4-6-8-10-12-14-21/h15-16,18-19,21H,4-14,17H2,1-3H3,(H,25,26). The number of hydrogen-bond donors (Lipinski definition) is 1. The molecule has 1 fully saturated rings. The first-order valence-corrected chi connectivity index (χ1v) is 11.1. The van der Waals surface area contributed by atoms with Gasteiger partial charge in [-0.25, -0.2) is 0 Å². The molecule has 1 N–H and O–H groups in total. The number of amides is 1. The summed E-state index contributed by atoms with van der Waals surface area (Å²) in [6.45, 7) is 2.02. The van der Waals surface area contributed by atoms with Crippen LogP contribution in [-0.4, -0.2) is 26.2 Å². The predicted octanol–water partition coefficient (Wildman–Crippen LogP) is 5.67. The smallest absolute Gasteiger partial charge is 0.223 e. The molecule has 0 spiro atoms. The van der Waals surface area contributed by atoms with E-state index >= 15 is 0 Å². The van der Waals surface area contributed by atoms with Crippen molar-refractivity contribution in [2.75, 3.05) is 14.2 Å². The Morgan fingerprint density at radius 3 is 2.00 bits per heavy atom. The maximum Gasteiger partial charge on any atom is 0.223 e. The molecule has 4 nitrogen and oxygen atoms in total. The summed E-state index contributed by atoms with van der Waals surface area (Å²) in [5.41, 5.74) is 1.10. The molecule has 0 heterocycles. The Morgan fingerprint density at radius 1 is 0.929 bits per heavy atom. The molecule has 0 bridgehead atoms. The summed E-state index contributed by atoms with van der Waals surface area (Å²) in [6.07, 6.45) is 14.8. The first-order chi connectivity index (χ1) is 13.6. The Hall–Kier alpha value is -1.71. The zero-order valence-electron chi connectivity index (χ0n) is 18.1. The second-order valence-electron chi connectivity index (χ2n) is 8.26. The van der Waals surface area contributed by atoms with Gasteiger partial charge >= 0.3 is 0 Å². The number of ether oxygens (including phenoxy) is 2. The van der Waals surface area contributed by atoms with Crippen molar-refractivity contribution in [3.8, 4) is 11.5 Å². The van der Waals surface area contributed by atoms with E-state index in [1.54, 1.807) is 14.2 Å². The van der Waals surface area contributed by atoms with Gasteiger partial charge in [0.25, 0.3) is 0 Å². The molecule has 28 heavy (non-hydrogen) atoms. The lowest BCUT2D eigenvalue weighted by Gasteiger charge is -2.22. The van der Waals surface area contributed by atoms with Crippen LogP contribution in [0, 0.1) is 5.92 Å². The largest absolute Gasteiger partial charge is 0.493 e. The molecule has 1 amide bonds. The van der Waals surface area contributed by atoms with Crippen molar-refractivity contribution in [3.63, 3.8) is 0 Å². The zero-order chi connectivity index (χ0) is 20.2. The lowest BCUT2D eigenvalue weighted by molar-refractivity contribution is -0.125. The van der Waals surface area contributed by atoms with Gasteiger partial charge in [0, 0.05) is 12.0 Å². The topological polar surface area (TPSA) is 47.6 Å². The zero-order valence-corrected chi connectivity index (χ0v) is 18.1. The summed E-state index contributed by atoms with van der Waals surface area (Å²) in [5.74, 6) is 1.55. The Kier molecular flexibility index (Phi) is 10.2. The highest BCUT2D eigenvalue weighted by Gasteiger charge is 2.19. The van der Waals surface area contributed by atoms with Crippen LogP contribution in [0.25, 0.3) is 0 Å². The van der Waals surface area contributed by atoms with E-state index in [-0.39, 0.29) is 11.8 Å². The van der Waals surface area contributed by atoms with Crippen molar-refractivity contribution in [1.82, 2.24) is 5.32 Å². The van der Waals surface area contributed by atoms with Crippen LogP contribution < -0.4 is 14.8 Å². The third kappa shape index (κ3) is 7.73. The molecule has 1 unspecified atom stereocenters. The van der Waals surface area contributed by atoms with Gasteiger partial charge in [0.2, 0.25) is 5.91 Å². The minimum Gasteiger partial charge on any atom is -0.493 e. The van der Waals surface area contributed by atoms with Crippen molar-refractivity contribution in [1.29, 1.82) is 0 Å². The van der Waals surface area contributed by atoms with E-state index in [4.69, 9.17) is 9.47 Å². The van der Waals surface area contributed by atoms with Crippen LogP contribution in [0.1, 0.15) is 83.1 Å². The summed E-state index contributed by atoms with van der Waals surface area (Å²) in [5, 5.41) is 3.35. The molecule has 1 aliphatic rings. The Bertz CT molecular complexity index is 575. The number of carbonyl (C=O) groups is 1. The summed E-state index contributed by atoms with van der Waals surface area (Å²) >= 11 is 0. The van der Waals surface area contributed by atoms with Crippen molar-refractivity contribution in [2.45, 2.75) is 90.0 Å². The first kappa shape index (κ1) is 22.6. The van der Waals surface area contributed by atoms with Gasteiger partial charge in [0.05, 0.1) is 14.2 Å². The molecular weight excluding hydrogens is 350 g/mol. The molecule has 4 heteroatoms. The Morgan fingerprint density at radius 2 is 1.46 bits per heavy atom. The lowest BCUT2D eigenvalue weighted by atomic mass is 9.96. The number of rotatable bonds is 6. The van der Waals surface area contributed by atoms with Gasteiger partial charge < -0.3 is 14.8 Å². The fourth-order valence-corrected chi connectivity index (χ4v) is 4.10. The lowest BCUT2D eigenvalue weighted by Crippen LogP contribution is -2.38. The van der Waals surface area contributed by atoms with Crippen LogP contribution in [0.2, 0.25) is 0 Å². The van der Waals surface area contributed by atoms with E-state index in [0.717, 1.165) is 24.2 Å². The third-order valence-corrected chi connectivity index (χ3v) is 5.89. The molecule has 0 aliphatic heterocycles. The number of carbonyl (C=O) groups excluding carboxylic acids is 1. The number of methoxy groups -OCH3 is 2. The Labute approximate surface area is 171 Å². The van der Waals surface area contributed by atoms with E-state index in [9.17, 15) is 4.79 Å². The normalized spacial score (nSPS) is 18.4. The predicted molar refractivity (Wildman–Crippen MR) is 115 cm³/mol. The van der Waals surface area contributed by atoms with Gasteiger partial charge in [-0.1, -0.05) is 70.8 Å². The first-order valence-electron chi connectivity index (χ1n) is 11.1. The SMILES string of the molecule is COc1ccc(CC(C)C(=O)NC2CCCCCCCCCCC2)cc1OC. The molecule has 2 rings (SSSR count). The molecule has 0 radical (unpaired) electrons. The maximum absolute atomic E-state index is 12.8. The highest BCUT2D eigenvalue weighted by molar-refractivity contribution is 5.78. The molecule has 1 aliphatic carbocycles. The van der Waals surface area contributed by atoms with E-state index in [0.29, 0.717) is 18.2 Å². The number of hydrogen-bond acceptors (Lipinski definition) is 3. The molecule has 1 atom stereocenters. The van der Waals surface area contributed by atoms with Crippen molar-refractivity contribution in [2.24, 2.45) is 5.92 Å². The molecule has 0 saturated heterocycles. The molecular formula is C24H39NO3. The van der Waals surface area contributed by atoms with Crippen LogP contribution in [0.5, 0.6) is 11.5 Å². The van der Waals surface area contributed by atoms with Gasteiger partial charge in [-0.2, -0.15) is 0 Å². The van der Waals surface area contributed by atoms with Gasteiger partial charge in [0.1, 0.15) is 0 Å². The van der Waals surface area contributed by atoms with E-state index < -0.39 is 0 Å². The highest BCUT2D eigenvalue weighted by Crippen LogP contribution is 2.28. The quantitative estimate of drug-likeness (QED) is 0.682. The van der Waals surface area contributed by atoms with Crippen molar-refractivity contribution < 1.29 is 14.3 Å². The minimum absolute atomic E-state index is 0.0560. The van der Waals surface area contributed by atoms with Crippen LogP contribution in [-0.2, 0) is 11.2 Å². The molecule has 1 aromatic carbocycles. The maximum atomic E-state index is 12.8. The highest BCUT2D eigenvalue weighted by atomic mass is 16.5. The minimum atomic E-state index is -0.0560. The van der Waals surface area contributed by atoms with Crippen molar-refractivity contribution >= 4 is 5.91 Å². The average molecular weight is 390 g/mol. The van der Waals surface area contributed by atoms with Gasteiger partial charge in [0.15, 0.2) is 11.5 Å². The number of nitrogens with one attached hydrogen (secondary N) is 1. The molecule has 1 saturated carbocycles. The van der Waals surface area contributed by atoms with Crippen LogP contribution in [0.3, 0.4) is 0 Å². The summed E-state index contributed by atoms with van der Waals surface area (Å²) in [6, 6.07) is 6.23. The Balaban J connectivity index is 1.88. The fourth-order valence-electron chi connectivity index (χ4n) is 4.10. The molecule has 1 aromatic rings. The number of benzene rings is 1. The van der Waals surface area contributed by atoms with Crippen LogP contribution >= 0.6 is 0 Å². The molecule has 158 valence electrons. The second-order valence-corrected chi connectivity index (χ2v) is 8.26. The van der Waals surface area contributed by atoms with E-state index in [1.807, 2.05) is 25.1 Å². The third-order valence-electron chi connectivity index (χ3n) is 5.89. The fraction of sp³-hybridized carbons (Fsp3) is 0.708. The monoisotopic (exact) mass is 389 g/mol. The van der Waals surface area contributed by atoms with Crippen LogP contribution in [0.4, 0.5) is 0 Å². The average Bonchev–Trinajstić information content (AvgIpc) is 2.69. The molecule has 0 aromatic heterocycles. The summed E-state index contributed by atoms with van der Waals surface area (Å²) in [7, 11) is 3.28. The summed E-state index contributed by atoms with van der Waals surface area (Å²) in [4.78, 5) is 12.8.